The van der Waals surface area contributed by atoms with E-state index in [1.807, 2.05) is 18.2 Å². The molecule has 0 radical (unpaired) electrons. The zero-order valence-corrected chi connectivity index (χ0v) is 15.8. The summed E-state index contributed by atoms with van der Waals surface area (Å²) in [5.41, 5.74) is 0.888. The first-order valence-electron chi connectivity index (χ1n) is 8.70. The van der Waals surface area contributed by atoms with Gasteiger partial charge >= 0.3 is 0 Å². The highest BCUT2D eigenvalue weighted by molar-refractivity contribution is 7.89. The van der Waals surface area contributed by atoms with Crippen LogP contribution in [0.5, 0.6) is 11.5 Å². The Hall–Kier alpha value is -1.76. The van der Waals surface area contributed by atoms with Crippen molar-refractivity contribution < 1.29 is 17.9 Å². The molecule has 1 aliphatic heterocycles. The zero-order chi connectivity index (χ0) is 18.1. The molecule has 138 valence electrons. The molecule has 0 unspecified atom stereocenters. The molecular weight excluding hydrogens is 374 g/mol. The lowest BCUT2D eigenvalue weighted by Gasteiger charge is -2.28. The van der Waals surface area contributed by atoms with Crippen molar-refractivity contribution >= 4 is 21.6 Å². The lowest BCUT2D eigenvalue weighted by atomic mass is 10.1. The largest absolute Gasteiger partial charge is 0.454 e. The van der Waals surface area contributed by atoms with Gasteiger partial charge in [-0.15, -0.1) is 0 Å². The van der Waals surface area contributed by atoms with Gasteiger partial charge in [-0.05, 0) is 54.8 Å². The summed E-state index contributed by atoms with van der Waals surface area (Å²) in [5, 5.41) is 0.520. The Kier molecular flexibility index (Phi) is 4.82. The normalized spacial score (nSPS) is 17.2. The molecule has 1 saturated carbocycles. The van der Waals surface area contributed by atoms with Crippen molar-refractivity contribution in [2.24, 2.45) is 0 Å². The summed E-state index contributed by atoms with van der Waals surface area (Å²) >= 11 is 5.92. The van der Waals surface area contributed by atoms with Crippen molar-refractivity contribution in [3.63, 3.8) is 0 Å². The van der Waals surface area contributed by atoms with E-state index >= 15 is 0 Å². The first kappa shape index (κ1) is 17.6. The van der Waals surface area contributed by atoms with E-state index in [0.717, 1.165) is 31.2 Å². The van der Waals surface area contributed by atoms with Crippen LogP contribution in [0.25, 0.3) is 0 Å². The first-order chi connectivity index (χ1) is 12.5. The van der Waals surface area contributed by atoms with Crippen molar-refractivity contribution in [1.29, 1.82) is 0 Å². The minimum absolute atomic E-state index is 0.0149. The molecule has 0 saturated heterocycles. The Balaban J connectivity index is 1.67. The molecule has 0 bridgehead atoms. The van der Waals surface area contributed by atoms with E-state index in [1.165, 1.54) is 0 Å². The van der Waals surface area contributed by atoms with Gasteiger partial charge in [-0.2, -0.15) is 4.31 Å². The minimum atomic E-state index is -3.61. The van der Waals surface area contributed by atoms with Crippen LogP contribution in [0.1, 0.15) is 31.2 Å². The lowest BCUT2D eigenvalue weighted by Crippen LogP contribution is -2.38. The van der Waals surface area contributed by atoms with Crippen LogP contribution in [-0.2, 0) is 16.6 Å². The van der Waals surface area contributed by atoms with Crippen molar-refractivity contribution in [2.75, 3.05) is 6.79 Å². The fraction of sp³-hybridized carbons (Fsp3) is 0.368. The smallest absolute Gasteiger partial charge is 0.243 e. The van der Waals surface area contributed by atoms with Crippen LogP contribution < -0.4 is 9.47 Å². The van der Waals surface area contributed by atoms with Crippen LogP contribution in [-0.4, -0.2) is 25.6 Å². The molecular formula is C19H20ClNO4S. The van der Waals surface area contributed by atoms with E-state index < -0.39 is 10.0 Å². The second-order valence-corrected chi connectivity index (χ2v) is 8.96. The first-order valence-corrected chi connectivity index (χ1v) is 10.5. The molecule has 0 atom stereocenters. The lowest BCUT2D eigenvalue weighted by molar-refractivity contribution is 0.174. The standard InChI is InChI=1S/C19H20ClNO4S/c20-15-6-8-17(9-7-15)26(22,23)21(16-3-1-2-4-16)12-14-5-10-18-19(11-14)25-13-24-18/h5-11,16H,1-4,12-13H2. The highest BCUT2D eigenvalue weighted by atomic mass is 35.5. The highest BCUT2D eigenvalue weighted by Gasteiger charge is 2.33. The summed E-state index contributed by atoms with van der Waals surface area (Å²) in [5.74, 6) is 1.36. The molecule has 0 aromatic heterocycles. The van der Waals surface area contributed by atoms with Gasteiger partial charge in [-0.1, -0.05) is 30.5 Å². The molecule has 1 aliphatic carbocycles. The van der Waals surface area contributed by atoms with E-state index in [2.05, 4.69) is 0 Å². The highest BCUT2D eigenvalue weighted by Crippen LogP contribution is 2.35. The zero-order valence-electron chi connectivity index (χ0n) is 14.2. The minimum Gasteiger partial charge on any atom is -0.454 e. The van der Waals surface area contributed by atoms with E-state index in [4.69, 9.17) is 21.1 Å². The predicted octanol–water partition coefficient (Wildman–Crippen LogP) is 4.20. The van der Waals surface area contributed by atoms with Crippen molar-refractivity contribution in [3.8, 4) is 11.5 Å². The third-order valence-corrected chi connectivity index (χ3v) is 7.09. The fourth-order valence-corrected chi connectivity index (χ4v) is 5.36. The van der Waals surface area contributed by atoms with Gasteiger partial charge in [-0.3, -0.25) is 0 Å². The molecule has 0 N–H and O–H groups in total. The molecule has 4 rings (SSSR count). The summed E-state index contributed by atoms with van der Waals surface area (Å²) in [6.07, 6.45) is 3.88. The van der Waals surface area contributed by atoms with Crippen molar-refractivity contribution in [3.05, 3.63) is 53.1 Å². The van der Waals surface area contributed by atoms with Crippen LogP contribution in [0.4, 0.5) is 0 Å². The number of benzene rings is 2. The Morgan fingerprint density at radius 2 is 1.69 bits per heavy atom. The predicted molar refractivity (Wildman–Crippen MR) is 99.0 cm³/mol. The number of fused-ring (bicyclic) bond motifs is 1. The van der Waals surface area contributed by atoms with Crippen LogP contribution in [0, 0.1) is 0 Å². The summed E-state index contributed by atoms with van der Waals surface area (Å²) < 4.78 is 39.0. The number of sulfonamides is 1. The van der Waals surface area contributed by atoms with E-state index in [-0.39, 0.29) is 17.7 Å². The molecule has 26 heavy (non-hydrogen) atoms. The molecule has 7 heteroatoms. The van der Waals surface area contributed by atoms with Crippen molar-refractivity contribution in [2.45, 2.75) is 43.2 Å². The number of rotatable bonds is 5. The third kappa shape index (κ3) is 3.41. The van der Waals surface area contributed by atoms with E-state index in [0.29, 0.717) is 23.1 Å². The van der Waals surface area contributed by atoms with E-state index in [1.54, 1.807) is 28.6 Å². The van der Waals surface area contributed by atoms with Gasteiger partial charge in [0, 0.05) is 17.6 Å². The maximum absolute atomic E-state index is 13.3. The fourth-order valence-electron chi connectivity index (χ4n) is 3.56. The SMILES string of the molecule is O=S(=O)(c1ccc(Cl)cc1)N(Cc1ccc2c(c1)OCO2)C1CCCC1. The van der Waals surface area contributed by atoms with Crippen molar-refractivity contribution in [1.82, 2.24) is 4.31 Å². The number of ether oxygens (including phenoxy) is 2. The topological polar surface area (TPSA) is 55.8 Å². The summed E-state index contributed by atoms with van der Waals surface area (Å²) in [4.78, 5) is 0.273. The Labute approximate surface area is 158 Å². The molecule has 5 nitrogen and oxygen atoms in total. The van der Waals surface area contributed by atoms with Gasteiger partial charge in [0.15, 0.2) is 11.5 Å². The maximum atomic E-state index is 13.3. The van der Waals surface area contributed by atoms with Gasteiger partial charge in [0.2, 0.25) is 16.8 Å². The number of halogens is 1. The monoisotopic (exact) mass is 393 g/mol. The number of hydrogen-bond acceptors (Lipinski definition) is 4. The molecule has 1 fully saturated rings. The molecule has 2 aromatic rings. The van der Waals surface area contributed by atoms with Crippen LogP contribution in [0.2, 0.25) is 5.02 Å². The second-order valence-electron chi connectivity index (χ2n) is 6.63. The van der Waals surface area contributed by atoms with Gasteiger partial charge in [0.05, 0.1) is 4.90 Å². The van der Waals surface area contributed by atoms with Gasteiger partial charge in [-0.25, -0.2) is 8.42 Å². The molecule has 1 heterocycles. The van der Waals surface area contributed by atoms with Gasteiger partial charge < -0.3 is 9.47 Å². The second kappa shape index (κ2) is 7.10. The maximum Gasteiger partial charge on any atom is 0.243 e. The van der Waals surface area contributed by atoms with Crippen LogP contribution in [0.3, 0.4) is 0 Å². The average Bonchev–Trinajstić information content (AvgIpc) is 3.31. The van der Waals surface area contributed by atoms with E-state index in [9.17, 15) is 8.42 Å². The Bertz CT molecular complexity index is 892. The molecule has 0 amide bonds. The Morgan fingerprint density at radius 1 is 1.00 bits per heavy atom. The summed E-state index contributed by atoms with van der Waals surface area (Å²) in [6, 6.07) is 12.0. The molecule has 2 aliphatic rings. The summed E-state index contributed by atoms with van der Waals surface area (Å²) in [6.45, 7) is 0.514. The summed E-state index contributed by atoms with van der Waals surface area (Å²) in [7, 11) is -3.61. The quantitative estimate of drug-likeness (QED) is 0.763. The third-order valence-electron chi connectivity index (χ3n) is 4.93. The van der Waals surface area contributed by atoms with Crippen LogP contribution >= 0.6 is 11.6 Å². The Morgan fingerprint density at radius 3 is 2.42 bits per heavy atom. The van der Waals surface area contributed by atoms with Gasteiger partial charge in [0.25, 0.3) is 0 Å². The van der Waals surface area contributed by atoms with Crippen LogP contribution in [0.15, 0.2) is 47.4 Å². The number of nitrogens with zero attached hydrogens (tertiary/aromatic N) is 1. The molecule has 0 spiro atoms. The number of hydrogen-bond donors (Lipinski definition) is 0. The molecule has 2 aromatic carbocycles. The van der Waals surface area contributed by atoms with Gasteiger partial charge in [0.1, 0.15) is 0 Å². The average molecular weight is 394 g/mol.